The van der Waals surface area contributed by atoms with Crippen LogP contribution in [0.15, 0.2) is 54.6 Å². The van der Waals surface area contributed by atoms with Crippen LogP contribution < -0.4 is 14.8 Å². The molecule has 25 heavy (non-hydrogen) atoms. The van der Waals surface area contributed by atoms with E-state index in [0.717, 1.165) is 16.3 Å². The van der Waals surface area contributed by atoms with Crippen LogP contribution in [0.3, 0.4) is 0 Å². The van der Waals surface area contributed by atoms with E-state index in [1.54, 1.807) is 12.1 Å². The first-order valence-corrected chi connectivity index (χ1v) is 8.18. The van der Waals surface area contributed by atoms with Gasteiger partial charge in [0.25, 0.3) is 0 Å². The van der Waals surface area contributed by atoms with Gasteiger partial charge in [0, 0.05) is 12.1 Å². The van der Waals surface area contributed by atoms with Crippen molar-refractivity contribution in [3.8, 4) is 11.5 Å². The summed E-state index contributed by atoms with van der Waals surface area (Å²) in [5.74, 6) is 0.819. The van der Waals surface area contributed by atoms with Gasteiger partial charge in [-0.3, -0.25) is 4.79 Å². The van der Waals surface area contributed by atoms with E-state index in [4.69, 9.17) is 21.1 Å². The third kappa shape index (κ3) is 3.69. The normalized spacial score (nSPS) is 10.5. The first-order chi connectivity index (χ1) is 12.1. The van der Waals surface area contributed by atoms with Crippen molar-refractivity contribution in [1.29, 1.82) is 0 Å². The molecule has 5 heteroatoms. The van der Waals surface area contributed by atoms with E-state index in [0.29, 0.717) is 22.2 Å². The molecule has 4 nitrogen and oxygen atoms in total. The van der Waals surface area contributed by atoms with Gasteiger partial charge < -0.3 is 14.8 Å². The number of hydrogen-bond donors (Lipinski definition) is 1. The number of rotatable bonds is 5. The van der Waals surface area contributed by atoms with Crippen LogP contribution in [0, 0.1) is 0 Å². The summed E-state index contributed by atoms with van der Waals surface area (Å²) in [4.78, 5) is 12.5. The fourth-order valence-corrected chi connectivity index (χ4v) is 3.00. The molecule has 3 aromatic carbocycles. The topological polar surface area (TPSA) is 47.6 Å². The summed E-state index contributed by atoms with van der Waals surface area (Å²) in [6, 6.07) is 17.2. The van der Waals surface area contributed by atoms with Gasteiger partial charge in [0.15, 0.2) is 0 Å². The molecule has 0 atom stereocenters. The number of carbonyl (C=O) groups is 1. The van der Waals surface area contributed by atoms with Crippen LogP contribution in [0.2, 0.25) is 5.02 Å². The van der Waals surface area contributed by atoms with Crippen LogP contribution in [-0.4, -0.2) is 20.1 Å². The summed E-state index contributed by atoms with van der Waals surface area (Å²) in [6.07, 6.45) is 0.259. The second-order valence-corrected chi connectivity index (χ2v) is 5.96. The van der Waals surface area contributed by atoms with E-state index in [9.17, 15) is 4.79 Å². The fraction of sp³-hybridized carbons (Fsp3) is 0.150. The summed E-state index contributed by atoms with van der Waals surface area (Å²) in [5, 5.41) is 5.48. The monoisotopic (exact) mass is 355 g/mol. The lowest BCUT2D eigenvalue weighted by Crippen LogP contribution is -2.15. The maximum Gasteiger partial charge on any atom is 0.228 e. The van der Waals surface area contributed by atoms with Crippen molar-refractivity contribution in [1.82, 2.24) is 0 Å². The standard InChI is InChI=1S/C20H18ClNO3/c1-24-18-12-17(19(25-2)11-16(18)21)22-20(23)10-14-8-5-7-13-6-3-4-9-15(13)14/h3-9,11-12H,10H2,1-2H3,(H,22,23). The van der Waals surface area contributed by atoms with Crippen LogP contribution >= 0.6 is 11.6 Å². The smallest absolute Gasteiger partial charge is 0.228 e. The summed E-state index contributed by atoms with van der Waals surface area (Å²) < 4.78 is 10.5. The Bertz CT molecular complexity index is 919. The molecule has 0 aliphatic rings. The van der Waals surface area contributed by atoms with Crippen molar-refractivity contribution in [3.63, 3.8) is 0 Å². The minimum Gasteiger partial charge on any atom is -0.495 e. The van der Waals surface area contributed by atoms with Crippen LogP contribution in [-0.2, 0) is 11.2 Å². The zero-order valence-corrected chi connectivity index (χ0v) is 14.8. The Hall–Kier alpha value is -2.72. The number of fused-ring (bicyclic) bond motifs is 1. The number of nitrogens with one attached hydrogen (secondary N) is 1. The number of anilines is 1. The Morgan fingerprint density at radius 2 is 1.72 bits per heavy atom. The highest BCUT2D eigenvalue weighted by Gasteiger charge is 2.13. The van der Waals surface area contributed by atoms with Gasteiger partial charge in [0.05, 0.1) is 31.4 Å². The number of ether oxygens (including phenoxy) is 2. The molecule has 1 amide bonds. The van der Waals surface area contributed by atoms with Crippen molar-refractivity contribution >= 4 is 34.0 Å². The lowest BCUT2D eigenvalue weighted by atomic mass is 10.0. The Morgan fingerprint density at radius 1 is 1.00 bits per heavy atom. The minimum atomic E-state index is -0.140. The van der Waals surface area contributed by atoms with E-state index in [1.165, 1.54) is 14.2 Å². The predicted molar refractivity (Wildman–Crippen MR) is 101 cm³/mol. The number of amides is 1. The van der Waals surface area contributed by atoms with E-state index in [-0.39, 0.29) is 12.3 Å². The van der Waals surface area contributed by atoms with Gasteiger partial charge in [0.2, 0.25) is 5.91 Å². The highest BCUT2D eigenvalue weighted by molar-refractivity contribution is 6.32. The summed E-state index contributed by atoms with van der Waals surface area (Å²) in [5.41, 5.74) is 1.49. The maximum absolute atomic E-state index is 12.5. The second-order valence-electron chi connectivity index (χ2n) is 5.55. The van der Waals surface area contributed by atoms with Gasteiger partial charge in [-0.1, -0.05) is 54.1 Å². The average Bonchev–Trinajstić information content (AvgIpc) is 2.63. The molecule has 0 aliphatic heterocycles. The fourth-order valence-electron chi connectivity index (χ4n) is 2.77. The van der Waals surface area contributed by atoms with Crippen LogP contribution in [0.1, 0.15) is 5.56 Å². The summed E-state index contributed by atoms with van der Waals surface area (Å²) >= 11 is 6.09. The van der Waals surface area contributed by atoms with Gasteiger partial charge >= 0.3 is 0 Å². The molecule has 1 N–H and O–H groups in total. The van der Waals surface area contributed by atoms with Crippen molar-refractivity contribution in [2.45, 2.75) is 6.42 Å². The molecule has 0 aliphatic carbocycles. The van der Waals surface area contributed by atoms with Crippen LogP contribution in [0.4, 0.5) is 5.69 Å². The Labute approximate surface area is 151 Å². The highest BCUT2D eigenvalue weighted by atomic mass is 35.5. The van der Waals surface area contributed by atoms with E-state index < -0.39 is 0 Å². The van der Waals surface area contributed by atoms with E-state index in [1.807, 2.05) is 42.5 Å². The first-order valence-electron chi connectivity index (χ1n) is 7.80. The molecule has 0 bridgehead atoms. The Balaban J connectivity index is 1.85. The van der Waals surface area contributed by atoms with E-state index in [2.05, 4.69) is 5.32 Å². The SMILES string of the molecule is COc1cc(NC(=O)Cc2cccc3ccccc23)c(OC)cc1Cl. The number of benzene rings is 3. The molecule has 0 aromatic heterocycles. The maximum atomic E-state index is 12.5. The summed E-state index contributed by atoms with van der Waals surface area (Å²) in [6.45, 7) is 0. The van der Waals surface area contributed by atoms with Gasteiger partial charge in [0.1, 0.15) is 11.5 Å². The van der Waals surface area contributed by atoms with E-state index >= 15 is 0 Å². The average molecular weight is 356 g/mol. The predicted octanol–water partition coefficient (Wildman–Crippen LogP) is 4.69. The number of halogens is 1. The minimum absolute atomic E-state index is 0.140. The van der Waals surface area contributed by atoms with Gasteiger partial charge in [-0.2, -0.15) is 0 Å². The van der Waals surface area contributed by atoms with Gasteiger partial charge in [-0.15, -0.1) is 0 Å². The zero-order valence-electron chi connectivity index (χ0n) is 14.0. The van der Waals surface area contributed by atoms with Crippen molar-refractivity contribution < 1.29 is 14.3 Å². The lowest BCUT2D eigenvalue weighted by Gasteiger charge is -2.13. The van der Waals surface area contributed by atoms with Crippen molar-refractivity contribution in [2.75, 3.05) is 19.5 Å². The van der Waals surface area contributed by atoms with Crippen LogP contribution in [0.25, 0.3) is 10.8 Å². The molecule has 128 valence electrons. The molecule has 3 rings (SSSR count). The Morgan fingerprint density at radius 3 is 2.48 bits per heavy atom. The summed E-state index contributed by atoms with van der Waals surface area (Å²) in [7, 11) is 3.05. The van der Waals surface area contributed by atoms with Gasteiger partial charge in [-0.05, 0) is 16.3 Å². The largest absolute Gasteiger partial charge is 0.495 e. The molecule has 0 radical (unpaired) electrons. The number of methoxy groups -OCH3 is 2. The zero-order chi connectivity index (χ0) is 17.8. The van der Waals surface area contributed by atoms with Crippen molar-refractivity contribution in [2.24, 2.45) is 0 Å². The third-order valence-corrected chi connectivity index (χ3v) is 4.27. The molecule has 0 heterocycles. The molecule has 0 fully saturated rings. The molecule has 0 spiro atoms. The number of hydrogen-bond acceptors (Lipinski definition) is 3. The molecule has 0 saturated carbocycles. The Kier molecular flexibility index (Phi) is 5.10. The molecule has 3 aromatic rings. The lowest BCUT2D eigenvalue weighted by molar-refractivity contribution is -0.115. The van der Waals surface area contributed by atoms with Gasteiger partial charge in [-0.25, -0.2) is 0 Å². The number of carbonyl (C=O) groups excluding carboxylic acids is 1. The molecule has 0 saturated heterocycles. The first kappa shape index (κ1) is 17.1. The van der Waals surface area contributed by atoms with Crippen molar-refractivity contribution in [3.05, 3.63) is 65.2 Å². The second kappa shape index (κ2) is 7.45. The highest BCUT2D eigenvalue weighted by Crippen LogP contribution is 2.36. The quantitative estimate of drug-likeness (QED) is 0.722. The molecule has 0 unspecified atom stereocenters. The molecular weight excluding hydrogens is 338 g/mol. The third-order valence-electron chi connectivity index (χ3n) is 3.98. The van der Waals surface area contributed by atoms with Crippen LogP contribution in [0.5, 0.6) is 11.5 Å². The molecular formula is C20H18ClNO3.